The lowest BCUT2D eigenvalue weighted by molar-refractivity contribution is -0.127. The average molecular weight is 319 g/mol. The molecule has 0 radical (unpaired) electrons. The van der Waals surface area contributed by atoms with Crippen molar-refractivity contribution < 1.29 is 14.0 Å². The number of amides is 2. The molecule has 4 N–H and O–H groups in total. The zero-order valence-corrected chi connectivity index (χ0v) is 13.0. The molecule has 0 bridgehead atoms. The van der Waals surface area contributed by atoms with Crippen molar-refractivity contribution in [3.05, 3.63) is 29.6 Å². The molecule has 1 aromatic rings. The van der Waals surface area contributed by atoms with Gasteiger partial charge in [0.05, 0.1) is 5.92 Å². The van der Waals surface area contributed by atoms with Gasteiger partial charge in [-0.15, -0.1) is 0 Å². The van der Waals surface area contributed by atoms with Crippen molar-refractivity contribution in [1.82, 2.24) is 5.32 Å². The van der Waals surface area contributed by atoms with Crippen LogP contribution in [0.4, 0.5) is 10.1 Å². The summed E-state index contributed by atoms with van der Waals surface area (Å²) in [4.78, 5) is 24.5. The summed E-state index contributed by atoms with van der Waals surface area (Å²) in [7, 11) is 0. The highest BCUT2D eigenvalue weighted by Crippen LogP contribution is 2.33. The molecule has 3 rings (SSSR count). The van der Waals surface area contributed by atoms with E-state index in [0.29, 0.717) is 17.8 Å². The van der Waals surface area contributed by atoms with Gasteiger partial charge in [0.2, 0.25) is 11.8 Å². The van der Waals surface area contributed by atoms with Gasteiger partial charge >= 0.3 is 0 Å². The normalized spacial score (nSPS) is 27.0. The van der Waals surface area contributed by atoms with E-state index in [4.69, 9.17) is 5.73 Å². The summed E-state index contributed by atoms with van der Waals surface area (Å²) in [5.41, 5.74) is 6.87. The van der Waals surface area contributed by atoms with Crippen LogP contribution in [0.3, 0.4) is 0 Å². The maximum absolute atomic E-state index is 13.4. The maximum Gasteiger partial charge on any atom is 0.228 e. The number of nitrogens with one attached hydrogen (secondary N) is 2. The molecule has 23 heavy (non-hydrogen) atoms. The predicted octanol–water partition coefficient (Wildman–Crippen LogP) is 1.89. The van der Waals surface area contributed by atoms with Crippen molar-refractivity contribution in [2.45, 2.75) is 44.1 Å². The van der Waals surface area contributed by atoms with Crippen LogP contribution in [0.15, 0.2) is 18.2 Å². The molecule has 1 heterocycles. The Hall–Kier alpha value is -1.95. The second-order valence-corrected chi connectivity index (χ2v) is 6.43. The van der Waals surface area contributed by atoms with Gasteiger partial charge in [-0.3, -0.25) is 9.59 Å². The van der Waals surface area contributed by atoms with Gasteiger partial charge < -0.3 is 16.4 Å². The first-order valence-electron chi connectivity index (χ1n) is 8.18. The molecule has 2 aliphatic rings. The molecule has 1 aliphatic heterocycles. The number of benzene rings is 1. The maximum atomic E-state index is 13.4. The van der Waals surface area contributed by atoms with E-state index in [9.17, 15) is 14.0 Å². The van der Waals surface area contributed by atoms with Crippen molar-refractivity contribution in [3.8, 4) is 0 Å². The number of anilines is 1. The summed E-state index contributed by atoms with van der Waals surface area (Å²) in [5, 5.41) is 5.70. The third kappa shape index (κ3) is 3.37. The average Bonchev–Trinajstić information content (AvgIpc) is 2.54. The first-order chi connectivity index (χ1) is 11.1. The Morgan fingerprint density at radius 2 is 2.13 bits per heavy atom. The number of hydrogen-bond acceptors (Lipinski definition) is 3. The number of rotatable bonds is 3. The van der Waals surface area contributed by atoms with Gasteiger partial charge in [0.25, 0.3) is 0 Å². The van der Waals surface area contributed by atoms with E-state index in [-0.39, 0.29) is 30.2 Å². The highest BCUT2D eigenvalue weighted by molar-refractivity contribution is 6.01. The van der Waals surface area contributed by atoms with E-state index in [2.05, 4.69) is 10.6 Å². The van der Waals surface area contributed by atoms with Gasteiger partial charge in [-0.05, 0) is 43.0 Å². The molecule has 0 spiro atoms. The van der Waals surface area contributed by atoms with Crippen molar-refractivity contribution in [2.75, 3.05) is 11.9 Å². The Morgan fingerprint density at radius 3 is 2.91 bits per heavy atom. The lowest BCUT2D eigenvalue weighted by atomic mass is 9.83. The van der Waals surface area contributed by atoms with Crippen LogP contribution in [0.25, 0.3) is 0 Å². The van der Waals surface area contributed by atoms with Gasteiger partial charge in [-0.1, -0.05) is 18.9 Å². The molecule has 124 valence electrons. The van der Waals surface area contributed by atoms with E-state index < -0.39 is 11.7 Å². The minimum atomic E-state index is -0.570. The molecule has 0 saturated heterocycles. The molecule has 0 aromatic heterocycles. The largest absolute Gasteiger partial charge is 0.353 e. The molecule has 2 amide bonds. The second-order valence-electron chi connectivity index (χ2n) is 6.43. The first-order valence-corrected chi connectivity index (χ1v) is 8.18. The van der Waals surface area contributed by atoms with Crippen LogP contribution in [0.5, 0.6) is 0 Å². The number of hydrogen-bond donors (Lipinski definition) is 3. The minimum absolute atomic E-state index is 0.0649. The molecular formula is C17H22FN3O2. The van der Waals surface area contributed by atoms with E-state index in [1.165, 1.54) is 12.1 Å². The van der Waals surface area contributed by atoms with Gasteiger partial charge in [0.15, 0.2) is 0 Å². The zero-order chi connectivity index (χ0) is 16.4. The first kappa shape index (κ1) is 15.9. The summed E-state index contributed by atoms with van der Waals surface area (Å²) < 4.78 is 13.4. The smallest absolute Gasteiger partial charge is 0.228 e. The van der Waals surface area contributed by atoms with Gasteiger partial charge in [0.1, 0.15) is 5.82 Å². The number of fused-ring (bicyclic) bond motifs is 1. The van der Waals surface area contributed by atoms with Gasteiger partial charge in [-0.25, -0.2) is 4.39 Å². The number of halogens is 1. The van der Waals surface area contributed by atoms with Crippen molar-refractivity contribution in [1.29, 1.82) is 0 Å². The van der Waals surface area contributed by atoms with Crippen LogP contribution in [0.2, 0.25) is 0 Å². The van der Waals surface area contributed by atoms with E-state index in [1.54, 1.807) is 6.07 Å². The zero-order valence-electron chi connectivity index (χ0n) is 13.0. The third-order valence-electron chi connectivity index (χ3n) is 4.91. The lowest BCUT2D eigenvalue weighted by Crippen LogP contribution is -2.47. The van der Waals surface area contributed by atoms with Crippen LogP contribution in [0, 0.1) is 11.7 Å². The monoisotopic (exact) mass is 319 g/mol. The van der Waals surface area contributed by atoms with Crippen molar-refractivity contribution in [3.63, 3.8) is 0 Å². The Bertz CT molecular complexity index is 620. The van der Waals surface area contributed by atoms with Crippen LogP contribution in [-0.4, -0.2) is 24.4 Å². The number of carbonyl (C=O) groups is 2. The summed E-state index contributed by atoms with van der Waals surface area (Å²) >= 11 is 0. The van der Waals surface area contributed by atoms with E-state index in [0.717, 1.165) is 25.7 Å². The third-order valence-corrected chi connectivity index (χ3v) is 4.91. The minimum Gasteiger partial charge on any atom is -0.353 e. The van der Waals surface area contributed by atoms with Crippen molar-refractivity contribution in [2.24, 2.45) is 11.7 Å². The fraction of sp³-hybridized carbons (Fsp3) is 0.529. The summed E-state index contributed by atoms with van der Waals surface area (Å²) in [6.07, 6.45) is 4.25. The molecule has 1 fully saturated rings. The highest BCUT2D eigenvalue weighted by atomic mass is 19.1. The summed E-state index contributed by atoms with van der Waals surface area (Å²) in [6, 6.07) is 4.22. The molecular weight excluding hydrogens is 297 g/mol. The highest BCUT2D eigenvalue weighted by Gasteiger charge is 2.33. The predicted molar refractivity (Wildman–Crippen MR) is 85.3 cm³/mol. The van der Waals surface area contributed by atoms with Crippen LogP contribution in [0.1, 0.15) is 43.6 Å². The summed E-state index contributed by atoms with van der Waals surface area (Å²) in [5.74, 6) is -1.14. The quantitative estimate of drug-likeness (QED) is 0.795. The number of carbonyl (C=O) groups excluding carboxylic acids is 2. The second kappa shape index (κ2) is 6.66. The SMILES string of the molecule is NCC1CCCCC1NC(=O)C1CC(=O)Nc2cc(F)ccc21. The standard InChI is InChI=1S/C17H22FN3O2/c18-11-5-6-12-13(8-16(22)20-15(12)7-11)17(23)21-14-4-2-1-3-10(14)9-19/h5-7,10,13-14H,1-4,8-9,19H2,(H,20,22)(H,21,23). The van der Waals surface area contributed by atoms with Crippen LogP contribution < -0.4 is 16.4 Å². The Morgan fingerprint density at radius 1 is 1.35 bits per heavy atom. The molecule has 1 aliphatic carbocycles. The Balaban J connectivity index is 1.78. The Kier molecular flexibility index (Phi) is 4.61. The topological polar surface area (TPSA) is 84.2 Å². The Labute approximate surface area is 134 Å². The molecule has 3 unspecified atom stereocenters. The molecule has 5 nitrogen and oxygen atoms in total. The van der Waals surface area contributed by atoms with E-state index in [1.807, 2.05) is 0 Å². The van der Waals surface area contributed by atoms with Gasteiger partial charge in [0, 0.05) is 18.2 Å². The fourth-order valence-corrected chi connectivity index (χ4v) is 3.63. The lowest BCUT2D eigenvalue weighted by Gasteiger charge is -2.33. The fourth-order valence-electron chi connectivity index (χ4n) is 3.63. The molecule has 6 heteroatoms. The molecule has 1 saturated carbocycles. The van der Waals surface area contributed by atoms with Crippen molar-refractivity contribution >= 4 is 17.5 Å². The van der Waals surface area contributed by atoms with Crippen LogP contribution >= 0.6 is 0 Å². The summed E-state index contributed by atoms with van der Waals surface area (Å²) in [6.45, 7) is 0.553. The van der Waals surface area contributed by atoms with E-state index >= 15 is 0 Å². The molecule has 1 aromatic carbocycles. The molecule has 3 atom stereocenters. The van der Waals surface area contributed by atoms with Crippen LogP contribution in [-0.2, 0) is 9.59 Å². The number of nitrogens with two attached hydrogens (primary N) is 1. The van der Waals surface area contributed by atoms with Gasteiger partial charge in [-0.2, -0.15) is 0 Å².